The van der Waals surface area contributed by atoms with E-state index in [9.17, 15) is 0 Å². The Morgan fingerprint density at radius 2 is 1.71 bits per heavy atom. The van der Waals surface area contributed by atoms with Crippen molar-refractivity contribution in [3.63, 3.8) is 0 Å². The first-order valence-electron chi connectivity index (χ1n) is 7.39. The fourth-order valence-corrected chi connectivity index (χ4v) is 3.67. The summed E-state index contributed by atoms with van der Waals surface area (Å²) in [7, 11) is 0. The van der Waals surface area contributed by atoms with Crippen molar-refractivity contribution in [2.24, 2.45) is 0 Å². The molecule has 0 amide bonds. The Morgan fingerprint density at radius 1 is 1.00 bits per heavy atom. The summed E-state index contributed by atoms with van der Waals surface area (Å²) in [5.41, 5.74) is 2.81. The van der Waals surface area contributed by atoms with Crippen LogP contribution in [0.3, 0.4) is 0 Å². The summed E-state index contributed by atoms with van der Waals surface area (Å²) in [6.07, 6.45) is 2.47. The number of hydrogen-bond donors (Lipinski definition) is 1. The van der Waals surface area contributed by atoms with E-state index in [4.69, 9.17) is 0 Å². The van der Waals surface area contributed by atoms with E-state index in [2.05, 4.69) is 92.6 Å². The molecule has 1 saturated carbocycles. The van der Waals surface area contributed by atoms with Gasteiger partial charge in [0.1, 0.15) is 0 Å². The lowest BCUT2D eigenvalue weighted by atomic mass is 9.75. The Kier molecular flexibility index (Phi) is 4.82. The highest BCUT2D eigenvalue weighted by molar-refractivity contribution is 9.10. The maximum atomic E-state index is 3.74. The molecule has 1 aliphatic carbocycles. The van der Waals surface area contributed by atoms with Gasteiger partial charge in [0.2, 0.25) is 0 Å². The average Bonchev–Trinajstić information content (AvgIpc) is 2.43. The Morgan fingerprint density at radius 3 is 2.38 bits per heavy atom. The van der Waals surface area contributed by atoms with Crippen molar-refractivity contribution >= 4 is 31.9 Å². The smallest absolute Gasteiger partial charge is 0.0294 e. The van der Waals surface area contributed by atoms with Crippen molar-refractivity contribution in [1.29, 1.82) is 0 Å². The fourth-order valence-electron chi connectivity index (χ4n) is 2.99. The molecule has 1 N–H and O–H groups in total. The molecule has 1 aliphatic rings. The molecule has 0 heterocycles. The second kappa shape index (κ2) is 6.64. The number of rotatable bonds is 4. The van der Waals surface area contributed by atoms with Crippen LogP contribution < -0.4 is 5.32 Å². The molecule has 0 saturated heterocycles. The Balaban J connectivity index is 1.54. The normalized spacial score (nSPS) is 22.6. The van der Waals surface area contributed by atoms with Crippen LogP contribution in [0.1, 0.15) is 42.9 Å². The molecular weight excluding hydrogens is 390 g/mol. The summed E-state index contributed by atoms with van der Waals surface area (Å²) in [5, 5.41) is 3.74. The van der Waals surface area contributed by atoms with Crippen LogP contribution in [0.25, 0.3) is 0 Å². The van der Waals surface area contributed by atoms with E-state index in [-0.39, 0.29) is 0 Å². The average molecular weight is 409 g/mol. The van der Waals surface area contributed by atoms with Crippen LogP contribution in [-0.2, 0) is 0 Å². The maximum Gasteiger partial charge on any atom is 0.0294 e. The number of hydrogen-bond acceptors (Lipinski definition) is 1. The SMILES string of the molecule is C[C@H](NC1CC(c2cccc(Br)c2)C1)c1ccc(Br)cc1. The molecule has 3 heteroatoms. The van der Waals surface area contributed by atoms with E-state index in [0.29, 0.717) is 18.0 Å². The van der Waals surface area contributed by atoms with Crippen molar-refractivity contribution in [2.45, 2.75) is 37.8 Å². The molecule has 1 fully saturated rings. The minimum absolute atomic E-state index is 0.409. The minimum atomic E-state index is 0.409. The second-order valence-electron chi connectivity index (χ2n) is 5.86. The lowest BCUT2D eigenvalue weighted by Gasteiger charge is -2.38. The third kappa shape index (κ3) is 3.77. The summed E-state index contributed by atoms with van der Waals surface area (Å²) in [6, 6.07) is 18.3. The van der Waals surface area contributed by atoms with Crippen molar-refractivity contribution in [3.8, 4) is 0 Å². The topological polar surface area (TPSA) is 12.0 Å². The standard InChI is InChI=1S/C18H19Br2N/c1-12(13-5-7-16(19)8-6-13)21-18-10-15(11-18)14-3-2-4-17(20)9-14/h2-9,12,15,18,21H,10-11H2,1H3/t12-,15?,18?/m0/s1. The molecular formula is C18H19Br2N. The van der Waals surface area contributed by atoms with Gasteiger partial charge in [0, 0.05) is 21.0 Å². The summed E-state index contributed by atoms with van der Waals surface area (Å²) >= 11 is 7.04. The largest absolute Gasteiger partial charge is 0.307 e. The van der Waals surface area contributed by atoms with E-state index in [0.717, 1.165) is 4.47 Å². The third-order valence-corrected chi connectivity index (χ3v) is 5.34. The summed E-state index contributed by atoms with van der Waals surface area (Å²) < 4.78 is 2.32. The Labute approximate surface area is 143 Å². The van der Waals surface area contributed by atoms with Gasteiger partial charge in [0.15, 0.2) is 0 Å². The lowest BCUT2D eigenvalue weighted by Crippen LogP contribution is -2.41. The van der Waals surface area contributed by atoms with Gasteiger partial charge in [-0.1, -0.05) is 56.1 Å². The highest BCUT2D eigenvalue weighted by Crippen LogP contribution is 2.38. The first-order valence-corrected chi connectivity index (χ1v) is 8.97. The lowest BCUT2D eigenvalue weighted by molar-refractivity contribution is 0.271. The monoisotopic (exact) mass is 407 g/mol. The molecule has 0 aromatic heterocycles. The predicted molar refractivity (Wildman–Crippen MR) is 95.6 cm³/mol. The van der Waals surface area contributed by atoms with E-state index in [1.807, 2.05) is 0 Å². The number of benzene rings is 2. The molecule has 0 bridgehead atoms. The molecule has 3 rings (SSSR count). The van der Waals surface area contributed by atoms with Crippen LogP contribution >= 0.6 is 31.9 Å². The molecule has 0 radical (unpaired) electrons. The van der Waals surface area contributed by atoms with Gasteiger partial charge in [-0.15, -0.1) is 0 Å². The second-order valence-corrected chi connectivity index (χ2v) is 7.69. The van der Waals surface area contributed by atoms with Gasteiger partial charge in [-0.05, 0) is 61.1 Å². The predicted octanol–water partition coefficient (Wildman–Crippen LogP) is 5.81. The molecule has 110 valence electrons. The van der Waals surface area contributed by atoms with Crippen LogP contribution in [0.5, 0.6) is 0 Å². The van der Waals surface area contributed by atoms with Crippen LogP contribution in [0, 0.1) is 0 Å². The van der Waals surface area contributed by atoms with Crippen LogP contribution in [0.2, 0.25) is 0 Å². The van der Waals surface area contributed by atoms with E-state index < -0.39 is 0 Å². The van der Waals surface area contributed by atoms with Crippen LogP contribution in [0.15, 0.2) is 57.5 Å². The Bertz CT molecular complexity index is 603. The van der Waals surface area contributed by atoms with Crippen molar-refractivity contribution in [1.82, 2.24) is 5.32 Å². The zero-order valence-corrected chi connectivity index (χ0v) is 15.2. The van der Waals surface area contributed by atoms with E-state index >= 15 is 0 Å². The number of nitrogens with one attached hydrogen (secondary N) is 1. The first kappa shape index (κ1) is 15.3. The molecule has 2 aromatic rings. The van der Waals surface area contributed by atoms with Gasteiger partial charge in [-0.2, -0.15) is 0 Å². The van der Waals surface area contributed by atoms with E-state index in [1.54, 1.807) is 0 Å². The molecule has 0 aliphatic heterocycles. The summed E-state index contributed by atoms with van der Waals surface area (Å²) in [5.74, 6) is 0.706. The molecule has 2 aromatic carbocycles. The molecule has 0 unspecified atom stereocenters. The Hall–Kier alpha value is -0.640. The van der Waals surface area contributed by atoms with Gasteiger partial charge in [0.25, 0.3) is 0 Å². The van der Waals surface area contributed by atoms with Gasteiger partial charge < -0.3 is 5.32 Å². The minimum Gasteiger partial charge on any atom is -0.307 e. The molecule has 1 nitrogen and oxygen atoms in total. The fraction of sp³-hybridized carbons (Fsp3) is 0.333. The zero-order chi connectivity index (χ0) is 14.8. The van der Waals surface area contributed by atoms with Gasteiger partial charge in [0.05, 0.1) is 0 Å². The van der Waals surface area contributed by atoms with Crippen LogP contribution in [-0.4, -0.2) is 6.04 Å². The highest BCUT2D eigenvalue weighted by Gasteiger charge is 2.31. The number of halogens is 2. The molecule has 21 heavy (non-hydrogen) atoms. The van der Waals surface area contributed by atoms with Crippen molar-refractivity contribution < 1.29 is 0 Å². The highest BCUT2D eigenvalue weighted by atomic mass is 79.9. The quantitative estimate of drug-likeness (QED) is 0.673. The van der Waals surface area contributed by atoms with Gasteiger partial charge in [-0.25, -0.2) is 0 Å². The summed E-state index contributed by atoms with van der Waals surface area (Å²) in [6.45, 7) is 2.25. The van der Waals surface area contributed by atoms with Crippen LogP contribution in [0.4, 0.5) is 0 Å². The molecule has 1 atom stereocenters. The van der Waals surface area contributed by atoms with Gasteiger partial charge >= 0.3 is 0 Å². The van der Waals surface area contributed by atoms with Crippen molar-refractivity contribution in [2.75, 3.05) is 0 Å². The van der Waals surface area contributed by atoms with Crippen molar-refractivity contribution in [3.05, 3.63) is 68.6 Å². The summed E-state index contributed by atoms with van der Waals surface area (Å²) in [4.78, 5) is 0. The van der Waals surface area contributed by atoms with Gasteiger partial charge in [-0.3, -0.25) is 0 Å². The maximum absolute atomic E-state index is 3.74. The van der Waals surface area contributed by atoms with E-state index in [1.165, 1.54) is 28.4 Å². The molecule has 0 spiro atoms. The third-order valence-electron chi connectivity index (χ3n) is 4.31. The first-order chi connectivity index (χ1) is 10.1. The zero-order valence-electron chi connectivity index (χ0n) is 12.0.